The number of nitrogens with zero attached hydrogens (tertiary/aromatic N) is 1. The van der Waals surface area contributed by atoms with E-state index in [1.165, 1.54) is 12.3 Å². The van der Waals surface area contributed by atoms with Crippen molar-refractivity contribution in [3.8, 4) is 0 Å². The second kappa shape index (κ2) is 4.76. The molecule has 18 heavy (non-hydrogen) atoms. The molecule has 0 amide bonds. The molecule has 6 heteroatoms. The summed E-state index contributed by atoms with van der Waals surface area (Å²) < 4.78 is 38.1. The minimum absolute atomic E-state index is 0.104. The van der Waals surface area contributed by atoms with Crippen molar-refractivity contribution < 1.29 is 18.3 Å². The first kappa shape index (κ1) is 13.1. The zero-order chi connectivity index (χ0) is 13.2. The van der Waals surface area contributed by atoms with Crippen LogP contribution in [0.25, 0.3) is 0 Å². The fraction of sp³-hybridized carbons (Fsp3) is 0.583. The molecule has 0 aliphatic heterocycles. The minimum Gasteiger partial charge on any atom is -0.388 e. The monoisotopic (exact) mass is 260 g/mol. The summed E-state index contributed by atoms with van der Waals surface area (Å²) in [6.45, 7) is 0.104. The highest BCUT2D eigenvalue weighted by atomic mass is 19.4. The Kier molecular flexibility index (Phi) is 3.47. The van der Waals surface area contributed by atoms with E-state index in [0.29, 0.717) is 12.8 Å². The molecule has 100 valence electrons. The molecule has 0 spiro atoms. The SMILES string of the molecule is OC1(CNc2ncccc2C(F)(F)F)CCCC1. The van der Waals surface area contributed by atoms with Gasteiger partial charge < -0.3 is 10.4 Å². The number of hydrogen-bond acceptors (Lipinski definition) is 3. The van der Waals surface area contributed by atoms with Gasteiger partial charge in [0.1, 0.15) is 5.82 Å². The first-order valence-electron chi connectivity index (χ1n) is 5.89. The molecule has 3 nitrogen and oxygen atoms in total. The second-order valence-corrected chi connectivity index (χ2v) is 4.68. The summed E-state index contributed by atoms with van der Waals surface area (Å²) in [6, 6.07) is 2.23. The molecule has 0 radical (unpaired) electrons. The van der Waals surface area contributed by atoms with Crippen LogP contribution in [0.1, 0.15) is 31.2 Å². The van der Waals surface area contributed by atoms with Crippen LogP contribution in [-0.4, -0.2) is 22.2 Å². The van der Waals surface area contributed by atoms with Crippen LogP contribution in [0.4, 0.5) is 19.0 Å². The summed E-state index contributed by atoms with van der Waals surface area (Å²) in [5.41, 5.74) is -1.70. The summed E-state index contributed by atoms with van der Waals surface area (Å²) >= 11 is 0. The lowest BCUT2D eigenvalue weighted by Crippen LogP contribution is -2.34. The molecule has 0 atom stereocenters. The number of hydrogen-bond donors (Lipinski definition) is 2. The molecule has 1 heterocycles. The average Bonchev–Trinajstić information content (AvgIpc) is 2.73. The highest BCUT2D eigenvalue weighted by Crippen LogP contribution is 2.34. The first-order valence-corrected chi connectivity index (χ1v) is 5.89. The second-order valence-electron chi connectivity index (χ2n) is 4.68. The van der Waals surface area contributed by atoms with Crippen molar-refractivity contribution in [2.45, 2.75) is 37.5 Å². The van der Waals surface area contributed by atoms with Crippen LogP contribution in [0.3, 0.4) is 0 Å². The maximum Gasteiger partial charge on any atom is 0.419 e. The standard InChI is InChI=1S/C12H15F3N2O/c13-12(14,15)9-4-3-7-16-10(9)17-8-11(18)5-1-2-6-11/h3-4,7,18H,1-2,5-6,8H2,(H,16,17). The average molecular weight is 260 g/mol. The van der Waals surface area contributed by atoms with Crippen molar-refractivity contribution in [3.63, 3.8) is 0 Å². The van der Waals surface area contributed by atoms with E-state index in [-0.39, 0.29) is 12.4 Å². The smallest absolute Gasteiger partial charge is 0.388 e. The number of anilines is 1. The molecule has 0 aromatic carbocycles. The molecular weight excluding hydrogens is 245 g/mol. The summed E-state index contributed by atoms with van der Waals surface area (Å²) in [5, 5.41) is 12.7. The van der Waals surface area contributed by atoms with E-state index in [1.54, 1.807) is 0 Å². The van der Waals surface area contributed by atoms with Crippen LogP contribution < -0.4 is 5.32 Å². The minimum atomic E-state index is -4.44. The van der Waals surface area contributed by atoms with Gasteiger partial charge in [0, 0.05) is 12.7 Å². The number of aliphatic hydroxyl groups is 1. The summed E-state index contributed by atoms with van der Waals surface area (Å²) in [5.74, 6) is -0.217. The van der Waals surface area contributed by atoms with E-state index in [2.05, 4.69) is 10.3 Å². The van der Waals surface area contributed by atoms with Crippen molar-refractivity contribution in [1.82, 2.24) is 4.98 Å². The number of aromatic nitrogens is 1. The molecule has 1 aromatic heterocycles. The van der Waals surface area contributed by atoms with Crippen LogP contribution in [0, 0.1) is 0 Å². The fourth-order valence-corrected chi connectivity index (χ4v) is 2.23. The predicted molar refractivity (Wildman–Crippen MR) is 61.1 cm³/mol. The number of nitrogens with one attached hydrogen (secondary N) is 1. The van der Waals surface area contributed by atoms with Crippen LogP contribution >= 0.6 is 0 Å². The number of pyridine rings is 1. The van der Waals surface area contributed by atoms with Crippen LogP contribution in [-0.2, 0) is 6.18 Å². The molecule has 1 aromatic rings. The maximum absolute atomic E-state index is 12.7. The maximum atomic E-state index is 12.7. The Morgan fingerprint density at radius 3 is 2.61 bits per heavy atom. The van der Waals surface area contributed by atoms with Crippen LogP contribution in [0.2, 0.25) is 0 Å². The highest BCUT2D eigenvalue weighted by Gasteiger charge is 2.35. The number of alkyl halides is 3. The summed E-state index contributed by atoms with van der Waals surface area (Å²) in [6.07, 6.45) is -0.0768. The Balaban J connectivity index is 2.10. The van der Waals surface area contributed by atoms with Crippen LogP contribution in [0.5, 0.6) is 0 Å². The van der Waals surface area contributed by atoms with Crippen molar-refractivity contribution in [2.24, 2.45) is 0 Å². The molecule has 1 saturated carbocycles. The van der Waals surface area contributed by atoms with E-state index in [1.807, 2.05) is 0 Å². The van der Waals surface area contributed by atoms with Gasteiger partial charge in [-0.3, -0.25) is 0 Å². The van der Waals surface area contributed by atoms with Gasteiger partial charge in [0.2, 0.25) is 0 Å². The third-order valence-corrected chi connectivity index (χ3v) is 3.23. The Labute approximate surface area is 103 Å². The van der Waals surface area contributed by atoms with Gasteiger partial charge in [-0.1, -0.05) is 12.8 Å². The van der Waals surface area contributed by atoms with Gasteiger partial charge in [-0.05, 0) is 25.0 Å². The molecule has 1 aliphatic carbocycles. The first-order chi connectivity index (χ1) is 8.41. The highest BCUT2D eigenvalue weighted by molar-refractivity contribution is 5.45. The zero-order valence-electron chi connectivity index (χ0n) is 9.80. The summed E-state index contributed by atoms with van der Waals surface area (Å²) in [4.78, 5) is 3.69. The third kappa shape index (κ3) is 2.93. The molecule has 2 rings (SSSR count). The lowest BCUT2D eigenvalue weighted by Gasteiger charge is -2.23. The largest absolute Gasteiger partial charge is 0.419 e. The lowest BCUT2D eigenvalue weighted by atomic mass is 10.0. The Morgan fingerprint density at radius 1 is 1.33 bits per heavy atom. The topological polar surface area (TPSA) is 45.1 Å². The van der Waals surface area contributed by atoms with Gasteiger partial charge in [-0.2, -0.15) is 13.2 Å². The van der Waals surface area contributed by atoms with Crippen molar-refractivity contribution in [1.29, 1.82) is 0 Å². The quantitative estimate of drug-likeness (QED) is 0.878. The fourth-order valence-electron chi connectivity index (χ4n) is 2.23. The van der Waals surface area contributed by atoms with Crippen molar-refractivity contribution in [3.05, 3.63) is 23.9 Å². The molecule has 2 N–H and O–H groups in total. The Morgan fingerprint density at radius 2 is 2.00 bits per heavy atom. The van der Waals surface area contributed by atoms with Gasteiger partial charge >= 0.3 is 6.18 Å². The van der Waals surface area contributed by atoms with E-state index in [9.17, 15) is 18.3 Å². The molecule has 1 aliphatic rings. The Bertz CT molecular complexity index is 414. The van der Waals surface area contributed by atoms with E-state index in [4.69, 9.17) is 0 Å². The van der Waals surface area contributed by atoms with E-state index >= 15 is 0 Å². The molecule has 0 saturated heterocycles. The van der Waals surface area contributed by atoms with Gasteiger partial charge in [0.05, 0.1) is 11.2 Å². The Hall–Kier alpha value is -1.30. The van der Waals surface area contributed by atoms with Crippen molar-refractivity contribution >= 4 is 5.82 Å². The van der Waals surface area contributed by atoms with Crippen molar-refractivity contribution in [2.75, 3.05) is 11.9 Å². The molecule has 0 unspecified atom stereocenters. The molecule has 0 bridgehead atoms. The molecule has 1 fully saturated rings. The van der Waals surface area contributed by atoms with Gasteiger partial charge in [0.15, 0.2) is 0 Å². The zero-order valence-corrected chi connectivity index (χ0v) is 9.80. The van der Waals surface area contributed by atoms with Gasteiger partial charge in [-0.15, -0.1) is 0 Å². The van der Waals surface area contributed by atoms with E-state index in [0.717, 1.165) is 18.9 Å². The summed E-state index contributed by atoms with van der Waals surface area (Å²) in [7, 11) is 0. The predicted octanol–water partition coefficient (Wildman–Crippen LogP) is 2.82. The van der Waals surface area contributed by atoms with Gasteiger partial charge in [-0.25, -0.2) is 4.98 Å². The number of rotatable bonds is 3. The van der Waals surface area contributed by atoms with Crippen LogP contribution in [0.15, 0.2) is 18.3 Å². The number of halogens is 3. The van der Waals surface area contributed by atoms with Gasteiger partial charge in [0.25, 0.3) is 0 Å². The van der Waals surface area contributed by atoms with E-state index < -0.39 is 17.3 Å². The normalized spacial score (nSPS) is 18.9. The lowest BCUT2D eigenvalue weighted by molar-refractivity contribution is -0.137. The molecular formula is C12H15F3N2O. The third-order valence-electron chi connectivity index (χ3n) is 3.23.